The van der Waals surface area contributed by atoms with Gasteiger partial charge in [-0.15, -0.1) is 0 Å². The number of rotatable bonds is 0. The number of phosphoric acid groups is 2. The van der Waals surface area contributed by atoms with Crippen molar-refractivity contribution in [3.8, 4) is 0 Å². The van der Waals surface area contributed by atoms with E-state index in [0.29, 0.717) is 0 Å². The van der Waals surface area contributed by atoms with Crippen LogP contribution in [0.25, 0.3) is 0 Å². The number of halogens is 2. The van der Waals surface area contributed by atoms with Crippen molar-refractivity contribution in [2.24, 2.45) is 0 Å². The Bertz CT molecular complexity index is 132. The SMILES string of the molecule is F.F.O=P(O)(O)O.O=P(O)(O)O.[LiH]. The number of hydrogen-bond acceptors (Lipinski definition) is 2. The van der Waals surface area contributed by atoms with Gasteiger partial charge in [0.2, 0.25) is 0 Å². The molecule has 0 aliphatic rings. The average molecular weight is 244 g/mol. The summed E-state index contributed by atoms with van der Waals surface area (Å²) >= 11 is 0. The van der Waals surface area contributed by atoms with Crippen molar-refractivity contribution in [2.75, 3.05) is 0 Å². The summed E-state index contributed by atoms with van der Waals surface area (Å²) < 4.78 is 17.8. The maximum absolute atomic E-state index is 8.88. The molecule has 0 atom stereocenters. The molecule has 13 heavy (non-hydrogen) atoms. The molecule has 0 aliphatic carbocycles. The van der Waals surface area contributed by atoms with Crippen molar-refractivity contribution in [1.82, 2.24) is 0 Å². The summed E-state index contributed by atoms with van der Waals surface area (Å²) in [5, 5.41) is 0. The molecule has 0 aromatic carbocycles. The fourth-order valence-corrected chi connectivity index (χ4v) is 0. The van der Waals surface area contributed by atoms with Crippen molar-refractivity contribution in [2.45, 2.75) is 0 Å². The van der Waals surface area contributed by atoms with Crippen LogP contribution in [0.1, 0.15) is 0 Å². The van der Waals surface area contributed by atoms with E-state index in [4.69, 9.17) is 38.5 Å². The third kappa shape index (κ3) is 3150. The molecule has 0 amide bonds. The number of hydrogen-bond donors (Lipinski definition) is 6. The first-order valence-electron chi connectivity index (χ1n) is 1.57. The van der Waals surface area contributed by atoms with Crippen molar-refractivity contribution in [1.29, 1.82) is 0 Å². The second-order valence-electron chi connectivity index (χ2n) is 1.03. The fourth-order valence-electron chi connectivity index (χ4n) is 0. The average Bonchev–Trinajstić information content (AvgIpc) is 1.12. The molecule has 0 bridgehead atoms. The van der Waals surface area contributed by atoms with Crippen LogP contribution < -0.4 is 0 Å². The predicted molar refractivity (Wildman–Crippen MR) is 40.7 cm³/mol. The summed E-state index contributed by atoms with van der Waals surface area (Å²) in [4.78, 5) is 43.1. The summed E-state index contributed by atoms with van der Waals surface area (Å²) in [6.45, 7) is 0. The van der Waals surface area contributed by atoms with E-state index in [1.807, 2.05) is 0 Å². The molecule has 0 aliphatic heterocycles. The van der Waals surface area contributed by atoms with Crippen LogP contribution in [0.4, 0.5) is 9.41 Å². The molecule has 0 aromatic heterocycles. The van der Waals surface area contributed by atoms with E-state index in [0.717, 1.165) is 0 Å². The van der Waals surface area contributed by atoms with Gasteiger partial charge in [-0.2, -0.15) is 0 Å². The molecule has 0 heterocycles. The molecule has 0 rings (SSSR count). The third-order valence-corrected chi connectivity index (χ3v) is 0. The first kappa shape index (κ1) is 29.2. The molecule has 13 heteroatoms. The fraction of sp³-hybridized carbons (Fsp3) is 0. The maximum atomic E-state index is 8.88. The van der Waals surface area contributed by atoms with Crippen molar-refractivity contribution in [3.05, 3.63) is 0 Å². The van der Waals surface area contributed by atoms with Gasteiger partial charge in [0.1, 0.15) is 0 Å². The van der Waals surface area contributed by atoms with E-state index >= 15 is 0 Å². The van der Waals surface area contributed by atoms with Gasteiger partial charge >= 0.3 is 34.5 Å². The van der Waals surface area contributed by atoms with E-state index in [-0.39, 0.29) is 28.3 Å². The van der Waals surface area contributed by atoms with Crippen LogP contribution in [0.5, 0.6) is 0 Å². The minimum atomic E-state index is -4.64. The van der Waals surface area contributed by atoms with E-state index in [9.17, 15) is 0 Å². The Kier molecular flexibility index (Phi) is 24.2. The van der Waals surface area contributed by atoms with Gasteiger partial charge in [0.05, 0.1) is 0 Å². The van der Waals surface area contributed by atoms with Crippen molar-refractivity contribution in [3.63, 3.8) is 0 Å². The first-order chi connectivity index (χ1) is 4.00. The Labute approximate surface area is 83.0 Å². The molecule has 0 saturated heterocycles. The van der Waals surface area contributed by atoms with Crippen LogP contribution in [0.2, 0.25) is 0 Å². The molecule has 0 fully saturated rings. The van der Waals surface area contributed by atoms with E-state index < -0.39 is 15.6 Å². The van der Waals surface area contributed by atoms with Crippen LogP contribution in [-0.4, -0.2) is 48.2 Å². The Balaban J connectivity index is -0.0000000267. The Morgan fingerprint density at radius 2 is 0.615 bits per heavy atom. The molecule has 0 saturated carbocycles. The van der Waals surface area contributed by atoms with Gasteiger partial charge in [-0.1, -0.05) is 0 Å². The molecule has 8 nitrogen and oxygen atoms in total. The Hall–Kier alpha value is 0.677. The van der Waals surface area contributed by atoms with Crippen LogP contribution in [0, 0.1) is 0 Å². The minimum absolute atomic E-state index is 0. The van der Waals surface area contributed by atoms with Crippen molar-refractivity contribution >= 4 is 34.5 Å². The van der Waals surface area contributed by atoms with Crippen LogP contribution in [-0.2, 0) is 9.13 Å². The van der Waals surface area contributed by atoms with Crippen LogP contribution in [0.3, 0.4) is 0 Å². The quantitative estimate of drug-likeness (QED) is 0.207. The van der Waals surface area contributed by atoms with Gasteiger partial charge in [-0.3, -0.25) is 9.41 Å². The zero-order valence-corrected chi connectivity index (χ0v) is 7.00. The standard InChI is InChI=1S/2FH.Li.2H3O4P.H/c;;;2*1-5(2,3)4;/h2*1H;;2*(H3,1,2,3,4);. The summed E-state index contributed by atoms with van der Waals surface area (Å²) in [7, 11) is -9.28. The molecular formula is H9F2LiO8P2. The zero-order valence-electron chi connectivity index (χ0n) is 5.21. The molecule has 82 valence electrons. The monoisotopic (exact) mass is 244 g/mol. The van der Waals surface area contributed by atoms with Crippen LogP contribution >= 0.6 is 15.6 Å². The van der Waals surface area contributed by atoms with Gasteiger partial charge in [-0.05, 0) is 0 Å². The van der Waals surface area contributed by atoms with Gasteiger partial charge in [0.25, 0.3) is 0 Å². The molecule has 6 N–H and O–H groups in total. The predicted octanol–water partition coefficient (Wildman–Crippen LogP) is -2.20. The molecule has 0 unspecified atom stereocenters. The van der Waals surface area contributed by atoms with E-state index in [1.165, 1.54) is 0 Å². The summed E-state index contributed by atoms with van der Waals surface area (Å²) in [5.74, 6) is 0. The second-order valence-corrected chi connectivity index (χ2v) is 3.08. The molecular weight excluding hydrogens is 235 g/mol. The summed E-state index contributed by atoms with van der Waals surface area (Å²) in [6.07, 6.45) is 0. The van der Waals surface area contributed by atoms with E-state index in [1.54, 1.807) is 0 Å². The summed E-state index contributed by atoms with van der Waals surface area (Å²) in [6, 6.07) is 0. The van der Waals surface area contributed by atoms with Gasteiger partial charge in [0, 0.05) is 0 Å². The molecule has 0 aromatic rings. The normalized spacial score (nSPS) is 9.08. The third-order valence-electron chi connectivity index (χ3n) is 0. The topological polar surface area (TPSA) is 156 Å². The molecule has 0 radical (unpaired) electrons. The van der Waals surface area contributed by atoms with E-state index in [2.05, 4.69) is 0 Å². The second kappa shape index (κ2) is 10.8. The van der Waals surface area contributed by atoms with Crippen molar-refractivity contribution < 1.29 is 47.9 Å². The van der Waals surface area contributed by atoms with Gasteiger partial charge in [0.15, 0.2) is 0 Å². The first-order valence-corrected chi connectivity index (χ1v) is 4.70. The van der Waals surface area contributed by atoms with Gasteiger partial charge in [-0.25, -0.2) is 9.13 Å². The van der Waals surface area contributed by atoms with Crippen LogP contribution in [0.15, 0.2) is 0 Å². The Morgan fingerprint density at radius 3 is 0.615 bits per heavy atom. The Morgan fingerprint density at radius 1 is 0.615 bits per heavy atom. The summed E-state index contributed by atoms with van der Waals surface area (Å²) in [5.41, 5.74) is 0. The van der Waals surface area contributed by atoms with Gasteiger partial charge < -0.3 is 29.4 Å². The zero-order chi connectivity index (χ0) is 9.00. The molecule has 0 spiro atoms.